The van der Waals surface area contributed by atoms with Gasteiger partial charge in [-0.3, -0.25) is 0 Å². The summed E-state index contributed by atoms with van der Waals surface area (Å²) in [6.45, 7) is 4.36. The van der Waals surface area contributed by atoms with Crippen LogP contribution in [-0.4, -0.2) is 18.8 Å². The van der Waals surface area contributed by atoms with Crippen molar-refractivity contribution in [2.45, 2.75) is 25.6 Å². The Morgan fingerprint density at radius 2 is 2.07 bits per heavy atom. The van der Waals surface area contributed by atoms with Crippen LogP contribution in [-0.2, 0) is 16.1 Å². The van der Waals surface area contributed by atoms with Crippen LogP contribution in [0, 0.1) is 0 Å². The molecule has 1 aromatic carbocycles. The molecule has 1 fully saturated rings. The van der Waals surface area contributed by atoms with Crippen molar-refractivity contribution in [3.05, 3.63) is 35.9 Å². The summed E-state index contributed by atoms with van der Waals surface area (Å²) in [5.74, 6) is 0. The normalized spacial score (nSPS) is 25.8. The lowest BCUT2D eigenvalue weighted by Crippen LogP contribution is -2.44. The van der Waals surface area contributed by atoms with Gasteiger partial charge in [0.15, 0.2) is 0 Å². The summed E-state index contributed by atoms with van der Waals surface area (Å²) in [7, 11) is 0. The molecule has 0 aromatic heterocycles. The maximum atomic E-state index is 5.60. The fourth-order valence-corrected chi connectivity index (χ4v) is 1.52. The van der Waals surface area contributed by atoms with Crippen molar-refractivity contribution in [1.29, 1.82) is 0 Å². The Morgan fingerprint density at radius 3 is 2.64 bits per heavy atom. The predicted octanol–water partition coefficient (Wildman–Crippen LogP) is 2.38. The topological polar surface area (TPSA) is 18.5 Å². The lowest BCUT2D eigenvalue weighted by Gasteiger charge is -2.38. The first-order chi connectivity index (χ1) is 6.79. The van der Waals surface area contributed by atoms with Crippen LogP contribution in [0.2, 0.25) is 0 Å². The number of hydrogen-bond donors (Lipinski definition) is 0. The van der Waals surface area contributed by atoms with Crippen LogP contribution in [0.1, 0.15) is 18.9 Å². The summed E-state index contributed by atoms with van der Waals surface area (Å²) < 4.78 is 11.0. The third-order valence-electron chi connectivity index (χ3n) is 2.60. The van der Waals surface area contributed by atoms with E-state index in [2.05, 4.69) is 19.1 Å². The van der Waals surface area contributed by atoms with Gasteiger partial charge in [-0.25, -0.2) is 0 Å². The Labute approximate surface area is 84.8 Å². The molecule has 0 spiro atoms. The van der Waals surface area contributed by atoms with E-state index in [0.717, 1.165) is 13.0 Å². The highest BCUT2D eigenvalue weighted by Crippen LogP contribution is 2.25. The number of hydrogen-bond acceptors (Lipinski definition) is 2. The molecule has 1 aliphatic heterocycles. The number of benzene rings is 1. The zero-order valence-corrected chi connectivity index (χ0v) is 8.53. The van der Waals surface area contributed by atoms with Gasteiger partial charge in [-0.05, 0) is 12.5 Å². The van der Waals surface area contributed by atoms with Gasteiger partial charge in [0, 0.05) is 6.42 Å². The molecule has 0 radical (unpaired) electrons. The highest BCUT2D eigenvalue weighted by atomic mass is 16.6. The van der Waals surface area contributed by atoms with E-state index in [0.29, 0.717) is 13.2 Å². The van der Waals surface area contributed by atoms with Crippen LogP contribution in [0.4, 0.5) is 0 Å². The Kier molecular flexibility index (Phi) is 2.85. The second-order valence-electron chi connectivity index (χ2n) is 4.03. The zero-order valence-electron chi connectivity index (χ0n) is 8.53. The van der Waals surface area contributed by atoms with E-state index >= 15 is 0 Å². The number of ether oxygens (including phenoxy) is 2. The lowest BCUT2D eigenvalue weighted by molar-refractivity contribution is -0.171. The molecule has 1 aliphatic rings. The van der Waals surface area contributed by atoms with Crippen LogP contribution in [0.3, 0.4) is 0 Å². The second kappa shape index (κ2) is 4.11. The first-order valence-electron chi connectivity index (χ1n) is 5.04. The van der Waals surface area contributed by atoms with Gasteiger partial charge in [0.1, 0.15) is 0 Å². The minimum atomic E-state index is -0.0191. The SMILES string of the molecule is C[C@]1(COCc2ccccc2)CCO1. The van der Waals surface area contributed by atoms with Crippen molar-refractivity contribution in [3.63, 3.8) is 0 Å². The third kappa shape index (κ3) is 2.34. The largest absolute Gasteiger partial charge is 0.374 e. The quantitative estimate of drug-likeness (QED) is 0.729. The molecule has 0 amide bonds. The maximum Gasteiger partial charge on any atom is 0.0908 e. The molecule has 1 heterocycles. The molecule has 0 bridgehead atoms. The molecule has 1 saturated heterocycles. The summed E-state index contributed by atoms with van der Waals surface area (Å²) >= 11 is 0. The van der Waals surface area contributed by atoms with Crippen molar-refractivity contribution in [3.8, 4) is 0 Å². The van der Waals surface area contributed by atoms with Gasteiger partial charge in [-0.1, -0.05) is 30.3 Å². The van der Waals surface area contributed by atoms with Crippen molar-refractivity contribution in [2.24, 2.45) is 0 Å². The number of rotatable bonds is 4. The minimum absolute atomic E-state index is 0.0191. The summed E-state index contributed by atoms with van der Waals surface area (Å²) in [5, 5.41) is 0. The van der Waals surface area contributed by atoms with Crippen LogP contribution in [0.5, 0.6) is 0 Å². The summed E-state index contributed by atoms with van der Waals surface area (Å²) in [4.78, 5) is 0. The fraction of sp³-hybridized carbons (Fsp3) is 0.500. The van der Waals surface area contributed by atoms with Crippen molar-refractivity contribution < 1.29 is 9.47 Å². The van der Waals surface area contributed by atoms with E-state index in [-0.39, 0.29) is 5.60 Å². The van der Waals surface area contributed by atoms with Gasteiger partial charge >= 0.3 is 0 Å². The molecule has 14 heavy (non-hydrogen) atoms. The highest BCUT2D eigenvalue weighted by molar-refractivity contribution is 5.13. The van der Waals surface area contributed by atoms with Crippen LogP contribution in [0.15, 0.2) is 30.3 Å². The second-order valence-corrected chi connectivity index (χ2v) is 4.03. The third-order valence-corrected chi connectivity index (χ3v) is 2.60. The Balaban J connectivity index is 1.73. The highest BCUT2D eigenvalue weighted by Gasteiger charge is 2.33. The van der Waals surface area contributed by atoms with Crippen molar-refractivity contribution >= 4 is 0 Å². The molecule has 1 atom stereocenters. The lowest BCUT2D eigenvalue weighted by atomic mass is 9.99. The first kappa shape index (κ1) is 9.69. The van der Waals surface area contributed by atoms with E-state index in [4.69, 9.17) is 9.47 Å². The molecular weight excluding hydrogens is 176 g/mol. The van der Waals surface area contributed by atoms with E-state index < -0.39 is 0 Å². The van der Waals surface area contributed by atoms with Crippen LogP contribution in [0.25, 0.3) is 0 Å². The molecule has 2 nitrogen and oxygen atoms in total. The molecule has 0 unspecified atom stereocenters. The van der Waals surface area contributed by atoms with E-state index in [9.17, 15) is 0 Å². The van der Waals surface area contributed by atoms with E-state index in [1.54, 1.807) is 0 Å². The molecule has 1 aromatic rings. The van der Waals surface area contributed by atoms with Gasteiger partial charge < -0.3 is 9.47 Å². The van der Waals surface area contributed by atoms with Gasteiger partial charge in [0.2, 0.25) is 0 Å². The Hall–Kier alpha value is -0.860. The summed E-state index contributed by atoms with van der Waals surface area (Å²) in [5.41, 5.74) is 1.20. The monoisotopic (exact) mass is 192 g/mol. The molecule has 2 rings (SSSR count). The zero-order chi connectivity index (χ0) is 9.86. The van der Waals surface area contributed by atoms with Gasteiger partial charge in [0.05, 0.1) is 25.4 Å². The molecular formula is C12H16O2. The van der Waals surface area contributed by atoms with Crippen molar-refractivity contribution in [1.82, 2.24) is 0 Å². The summed E-state index contributed by atoms with van der Waals surface area (Å²) in [6, 6.07) is 10.2. The van der Waals surface area contributed by atoms with E-state index in [1.165, 1.54) is 5.56 Å². The molecule has 76 valence electrons. The molecule has 2 heteroatoms. The van der Waals surface area contributed by atoms with Crippen molar-refractivity contribution in [2.75, 3.05) is 13.2 Å². The molecule has 0 saturated carbocycles. The average Bonchev–Trinajstić information content (AvgIpc) is 2.17. The Morgan fingerprint density at radius 1 is 1.36 bits per heavy atom. The fourth-order valence-electron chi connectivity index (χ4n) is 1.52. The minimum Gasteiger partial charge on any atom is -0.374 e. The van der Waals surface area contributed by atoms with Gasteiger partial charge in [0.25, 0.3) is 0 Å². The predicted molar refractivity (Wildman–Crippen MR) is 55.1 cm³/mol. The standard InChI is InChI=1S/C12H16O2/c1-12(7-8-14-12)10-13-9-11-5-3-2-4-6-11/h2-6H,7-10H2,1H3/t12-/m1/s1. The first-order valence-corrected chi connectivity index (χ1v) is 5.04. The maximum absolute atomic E-state index is 5.60. The molecule has 0 aliphatic carbocycles. The average molecular weight is 192 g/mol. The van der Waals surface area contributed by atoms with Gasteiger partial charge in [-0.15, -0.1) is 0 Å². The Bertz CT molecular complexity index is 278. The van der Waals surface area contributed by atoms with Crippen LogP contribution < -0.4 is 0 Å². The van der Waals surface area contributed by atoms with E-state index in [1.807, 2.05) is 18.2 Å². The van der Waals surface area contributed by atoms with Crippen LogP contribution >= 0.6 is 0 Å². The summed E-state index contributed by atoms with van der Waals surface area (Å²) in [6.07, 6.45) is 1.11. The smallest absolute Gasteiger partial charge is 0.0908 e. The van der Waals surface area contributed by atoms with Gasteiger partial charge in [-0.2, -0.15) is 0 Å². The molecule has 0 N–H and O–H groups in total.